The molecule has 0 fully saturated rings. The van der Waals surface area contributed by atoms with Crippen LogP contribution in [-0.4, -0.2) is 0 Å². The second kappa shape index (κ2) is 20.4. The fourth-order valence-electron chi connectivity index (χ4n) is 22.2. The largest absolute Gasteiger partial charge is 0.0720 e. The van der Waals surface area contributed by atoms with Crippen LogP contribution in [-0.2, 0) is 21.7 Å². The SMILES string of the molecule is c1ccc2c(c1)-c1ccccc1C21c2ccccc2C2(c3ccccc3-c3ccccc32)c2cc(-c3c4ccccc4c(-c4c5ccccc5c(-c5ccc6c(c5)C5(c7ccccc7-c7ccccc75)c5ccccc5C65c6ccccc6-c6ccccc65)c5ccccc45)c4ccccc34)ccc21. The maximum absolute atomic E-state index is 2.65. The Morgan fingerprint density at radius 1 is 0.115 bits per heavy atom. The van der Waals surface area contributed by atoms with E-state index < -0.39 is 21.7 Å². The second-order valence-electron chi connectivity index (χ2n) is 29.7. The number of fused-ring (bicyclic) bond motifs is 36. The fourth-order valence-corrected chi connectivity index (χ4v) is 22.2. The van der Waals surface area contributed by atoms with Crippen LogP contribution in [0.25, 0.3) is 121 Å². The van der Waals surface area contributed by atoms with Crippen LogP contribution in [0.1, 0.15) is 89.0 Å². The van der Waals surface area contributed by atoms with E-state index in [1.54, 1.807) is 0 Å². The van der Waals surface area contributed by atoms with Gasteiger partial charge in [-0.15, -0.1) is 0 Å². The van der Waals surface area contributed by atoms with Gasteiger partial charge in [0.05, 0.1) is 21.7 Å². The van der Waals surface area contributed by atoms with Crippen LogP contribution in [0.2, 0.25) is 0 Å². The first-order chi connectivity index (χ1) is 51.6. The summed E-state index contributed by atoms with van der Waals surface area (Å²) in [6, 6.07) is 146. The van der Waals surface area contributed by atoms with E-state index in [4.69, 9.17) is 0 Å². The van der Waals surface area contributed by atoms with Gasteiger partial charge in [-0.1, -0.05) is 364 Å². The Labute approximate surface area is 603 Å². The topological polar surface area (TPSA) is 0 Å². The molecule has 0 bridgehead atoms. The molecular weight excluding hydrogens is 1250 g/mol. The Balaban J connectivity index is 0.776. The molecule has 18 aromatic carbocycles. The zero-order valence-electron chi connectivity index (χ0n) is 56.8. The number of hydrogen-bond acceptors (Lipinski definition) is 0. The van der Waals surface area contributed by atoms with Gasteiger partial charge in [-0.25, -0.2) is 0 Å². The summed E-state index contributed by atoms with van der Waals surface area (Å²) in [7, 11) is 0. The van der Waals surface area contributed by atoms with Gasteiger partial charge in [-0.3, -0.25) is 0 Å². The third kappa shape index (κ3) is 6.61. The zero-order valence-corrected chi connectivity index (χ0v) is 56.8. The Hall–Kier alpha value is -13.0. The lowest BCUT2D eigenvalue weighted by atomic mass is 9.52. The smallest absolute Gasteiger partial charge is 0.0619 e. The molecular formula is C104H62. The van der Waals surface area contributed by atoms with Crippen LogP contribution < -0.4 is 0 Å². The van der Waals surface area contributed by atoms with E-state index in [-0.39, 0.29) is 0 Å². The van der Waals surface area contributed by atoms with Gasteiger partial charge in [0.25, 0.3) is 0 Å². The molecule has 0 aromatic heterocycles. The quantitative estimate of drug-likeness (QED) is 0.155. The Bertz CT molecular complexity index is 6180. The lowest BCUT2D eigenvalue weighted by Gasteiger charge is -2.49. The van der Waals surface area contributed by atoms with Crippen molar-refractivity contribution in [2.45, 2.75) is 21.7 Å². The third-order valence-electron chi connectivity index (χ3n) is 25.6. The van der Waals surface area contributed by atoms with Crippen molar-refractivity contribution in [1.82, 2.24) is 0 Å². The summed E-state index contributed by atoms with van der Waals surface area (Å²) >= 11 is 0. The van der Waals surface area contributed by atoms with Crippen LogP contribution in [0.5, 0.6) is 0 Å². The van der Waals surface area contributed by atoms with Crippen LogP contribution in [0, 0.1) is 0 Å². The van der Waals surface area contributed by atoms with Crippen molar-refractivity contribution >= 4 is 43.1 Å². The third-order valence-corrected chi connectivity index (χ3v) is 25.6. The van der Waals surface area contributed by atoms with Gasteiger partial charge in [0.15, 0.2) is 0 Å². The molecule has 104 heavy (non-hydrogen) atoms. The normalized spacial score (nSPS) is 15.0. The molecule has 0 nitrogen and oxygen atoms in total. The van der Waals surface area contributed by atoms with Gasteiger partial charge in [0.1, 0.15) is 0 Å². The highest BCUT2D eigenvalue weighted by atomic mass is 14.6. The standard InChI is InChI=1S/C104H62/c1-5-41-77-73(37-1)97(63-57-59-93-95(61-63)103(85-49-21-13-33-69(85)70-34-14-22-50-86(70)103)91-55-27-25-53-89(91)101(93)81-45-17-9-29-65(81)66-30-10-18-46-82(66)101)74-38-2-6-42-78(74)99(77)100-79-43-7-3-39-75(79)98(76-40-4-8-44-80(76)100)64-58-60-94-96(62-64)104(87-51-23-15-35-71(87)72-36-16-24-52-88(72)104)92-56-28-26-54-90(92)102(94)83-47-19-11-31-67(83)68-32-12-20-48-84(68)102/h1-62H. The minimum atomic E-state index is -0.637. The maximum Gasteiger partial charge on any atom is 0.0720 e. The molecule has 0 unspecified atom stereocenters. The highest BCUT2D eigenvalue weighted by Gasteiger charge is 2.61. The summed E-state index contributed by atoms with van der Waals surface area (Å²) in [6.07, 6.45) is 0. The molecule has 0 N–H and O–H groups in total. The van der Waals surface area contributed by atoms with E-state index in [1.165, 1.54) is 210 Å². The van der Waals surface area contributed by atoms with Crippen LogP contribution in [0.4, 0.5) is 0 Å². The molecule has 0 radical (unpaired) electrons. The number of rotatable bonds is 3. The molecule has 0 heteroatoms. The van der Waals surface area contributed by atoms with Crippen LogP contribution in [0.15, 0.2) is 376 Å². The molecule has 24 rings (SSSR count). The summed E-state index contributed by atoms with van der Waals surface area (Å²) in [5.41, 5.74) is 36.7. The summed E-state index contributed by atoms with van der Waals surface area (Å²) in [4.78, 5) is 0. The van der Waals surface area contributed by atoms with E-state index in [9.17, 15) is 0 Å². The average molecular weight is 1310 g/mol. The fraction of sp³-hybridized carbons (Fsp3) is 0.0385. The monoisotopic (exact) mass is 1310 g/mol. The van der Waals surface area contributed by atoms with Crippen molar-refractivity contribution in [2.24, 2.45) is 0 Å². The summed E-state index contributed by atoms with van der Waals surface area (Å²) in [5.74, 6) is 0. The first-order valence-corrected chi connectivity index (χ1v) is 36.8. The van der Waals surface area contributed by atoms with Crippen molar-refractivity contribution in [1.29, 1.82) is 0 Å². The van der Waals surface area contributed by atoms with E-state index in [0.29, 0.717) is 0 Å². The molecule has 478 valence electrons. The first kappa shape index (κ1) is 56.7. The molecule has 0 amide bonds. The maximum atomic E-state index is 2.65. The Kier molecular flexibility index (Phi) is 11.1. The molecule has 0 saturated carbocycles. The average Bonchev–Trinajstić information content (AvgIpc) is 1.39. The predicted molar refractivity (Wildman–Crippen MR) is 429 cm³/mol. The van der Waals surface area contributed by atoms with Crippen LogP contribution >= 0.6 is 0 Å². The summed E-state index contributed by atoms with van der Waals surface area (Å²) in [5, 5.41) is 9.81. The molecule has 6 aliphatic carbocycles. The highest BCUT2D eigenvalue weighted by molar-refractivity contribution is 6.30. The Morgan fingerprint density at radius 3 is 0.481 bits per heavy atom. The molecule has 18 aromatic rings. The molecule has 0 saturated heterocycles. The van der Waals surface area contributed by atoms with Gasteiger partial charge >= 0.3 is 0 Å². The van der Waals surface area contributed by atoms with E-state index >= 15 is 0 Å². The number of benzene rings is 18. The molecule has 0 heterocycles. The van der Waals surface area contributed by atoms with Gasteiger partial charge in [-0.05, 0) is 222 Å². The Morgan fingerprint density at radius 2 is 0.269 bits per heavy atom. The lowest BCUT2D eigenvalue weighted by molar-refractivity contribution is 0.633. The van der Waals surface area contributed by atoms with Gasteiger partial charge in [0.2, 0.25) is 0 Å². The molecule has 6 aliphatic rings. The lowest BCUT2D eigenvalue weighted by Crippen LogP contribution is -2.43. The number of hydrogen-bond donors (Lipinski definition) is 0. The van der Waals surface area contributed by atoms with Gasteiger partial charge in [-0.2, -0.15) is 0 Å². The van der Waals surface area contributed by atoms with Crippen LogP contribution in [0.3, 0.4) is 0 Å². The van der Waals surface area contributed by atoms with Gasteiger partial charge < -0.3 is 0 Å². The van der Waals surface area contributed by atoms with E-state index in [0.717, 1.165) is 0 Å². The first-order valence-electron chi connectivity index (χ1n) is 36.8. The highest BCUT2D eigenvalue weighted by Crippen LogP contribution is 2.71. The van der Waals surface area contributed by atoms with Gasteiger partial charge in [0, 0.05) is 0 Å². The van der Waals surface area contributed by atoms with Crippen molar-refractivity contribution in [3.8, 4) is 77.9 Å². The second-order valence-corrected chi connectivity index (χ2v) is 29.7. The van der Waals surface area contributed by atoms with Crippen molar-refractivity contribution in [2.75, 3.05) is 0 Å². The summed E-state index contributed by atoms with van der Waals surface area (Å²) in [6.45, 7) is 0. The predicted octanol–water partition coefficient (Wildman–Crippen LogP) is 25.4. The van der Waals surface area contributed by atoms with E-state index in [1.807, 2.05) is 0 Å². The van der Waals surface area contributed by atoms with E-state index in [2.05, 4.69) is 376 Å². The van der Waals surface area contributed by atoms with Crippen molar-refractivity contribution in [3.63, 3.8) is 0 Å². The molecule has 0 aliphatic heterocycles. The molecule has 0 atom stereocenters. The molecule has 4 spiro atoms. The van der Waals surface area contributed by atoms with Crippen molar-refractivity contribution < 1.29 is 0 Å². The van der Waals surface area contributed by atoms with Crippen molar-refractivity contribution in [3.05, 3.63) is 465 Å². The summed E-state index contributed by atoms with van der Waals surface area (Å²) < 4.78 is 0. The minimum Gasteiger partial charge on any atom is -0.0619 e. The zero-order chi connectivity index (χ0) is 67.8. The minimum absolute atomic E-state index is 0.590.